The molecule has 0 aromatic carbocycles. The van der Waals surface area contributed by atoms with Crippen LogP contribution in [0, 0.1) is 0 Å². The van der Waals surface area contributed by atoms with Crippen molar-refractivity contribution >= 4 is 17.4 Å². The van der Waals surface area contributed by atoms with Crippen LogP contribution in [0.3, 0.4) is 0 Å². The van der Waals surface area contributed by atoms with E-state index >= 15 is 0 Å². The number of hydrogen-bond acceptors (Lipinski definition) is 2. The van der Waals surface area contributed by atoms with Crippen LogP contribution in [0.15, 0.2) is 0 Å². The molecular formula is C8H22NOSi2. The zero-order valence-corrected chi connectivity index (χ0v) is 11.0. The molecule has 0 rings (SSSR count). The van der Waals surface area contributed by atoms with Crippen molar-refractivity contribution in [3.63, 3.8) is 0 Å². The standard InChI is InChI=1S/C8H22NOSi2/c1-6-8(9)7-12(4,5)10-11(2)3/h8H,6-7,9H2,1-5H3. The molecule has 2 N–H and O–H groups in total. The monoisotopic (exact) mass is 204 g/mol. The van der Waals surface area contributed by atoms with E-state index in [0.29, 0.717) is 6.04 Å². The zero-order chi connectivity index (χ0) is 9.78. The first-order chi connectivity index (χ1) is 5.37. The summed E-state index contributed by atoms with van der Waals surface area (Å²) in [4.78, 5) is 0. The van der Waals surface area contributed by atoms with Crippen LogP contribution >= 0.6 is 0 Å². The van der Waals surface area contributed by atoms with Crippen LogP contribution < -0.4 is 5.73 Å². The fourth-order valence-corrected chi connectivity index (χ4v) is 7.68. The molecule has 0 saturated carbocycles. The van der Waals surface area contributed by atoms with Gasteiger partial charge in [0.25, 0.3) is 0 Å². The summed E-state index contributed by atoms with van der Waals surface area (Å²) in [5, 5.41) is 0. The van der Waals surface area contributed by atoms with Gasteiger partial charge >= 0.3 is 0 Å². The first-order valence-electron chi connectivity index (χ1n) is 4.62. The second-order valence-corrected chi connectivity index (χ2v) is 10.7. The van der Waals surface area contributed by atoms with Crippen molar-refractivity contribution in [3.05, 3.63) is 0 Å². The van der Waals surface area contributed by atoms with Gasteiger partial charge in [-0.1, -0.05) is 6.92 Å². The third-order valence-electron chi connectivity index (χ3n) is 1.76. The quantitative estimate of drug-likeness (QED) is 0.697. The van der Waals surface area contributed by atoms with Gasteiger partial charge in [-0.25, -0.2) is 0 Å². The van der Waals surface area contributed by atoms with Crippen LogP contribution in [0.4, 0.5) is 0 Å². The molecule has 73 valence electrons. The summed E-state index contributed by atoms with van der Waals surface area (Å²) >= 11 is 0. The number of nitrogens with two attached hydrogens (primary N) is 1. The lowest BCUT2D eigenvalue weighted by atomic mass is 10.3. The highest BCUT2D eigenvalue weighted by Crippen LogP contribution is 2.15. The highest BCUT2D eigenvalue weighted by atomic mass is 28.4. The average molecular weight is 204 g/mol. The molecule has 0 spiro atoms. The number of rotatable bonds is 5. The Balaban J connectivity index is 3.85. The summed E-state index contributed by atoms with van der Waals surface area (Å²) in [6.45, 7) is 11.0. The summed E-state index contributed by atoms with van der Waals surface area (Å²) in [6, 6.07) is 1.44. The minimum absolute atomic E-state index is 0.341. The van der Waals surface area contributed by atoms with E-state index < -0.39 is 17.4 Å². The molecule has 0 aliphatic rings. The van der Waals surface area contributed by atoms with Gasteiger partial charge in [-0.2, -0.15) is 0 Å². The Hall–Kier alpha value is 0.354. The Labute approximate surface area is 79.4 Å². The highest BCUT2D eigenvalue weighted by molar-refractivity contribution is 6.77. The van der Waals surface area contributed by atoms with E-state index in [-0.39, 0.29) is 0 Å². The van der Waals surface area contributed by atoms with Crippen molar-refractivity contribution in [1.82, 2.24) is 0 Å². The summed E-state index contributed by atoms with van der Waals surface area (Å²) in [5.41, 5.74) is 5.90. The first-order valence-corrected chi connectivity index (χ1v) is 10.1. The van der Waals surface area contributed by atoms with E-state index in [9.17, 15) is 0 Å². The van der Waals surface area contributed by atoms with Crippen LogP contribution in [0.1, 0.15) is 13.3 Å². The molecule has 1 atom stereocenters. The van der Waals surface area contributed by atoms with Crippen LogP contribution in [0.25, 0.3) is 0 Å². The topological polar surface area (TPSA) is 35.2 Å². The maximum Gasteiger partial charge on any atom is 0.191 e. The zero-order valence-electron chi connectivity index (χ0n) is 8.98. The molecule has 2 nitrogen and oxygen atoms in total. The molecule has 0 heterocycles. The molecule has 0 amide bonds. The Bertz CT molecular complexity index is 128. The van der Waals surface area contributed by atoms with Crippen molar-refractivity contribution in [2.24, 2.45) is 5.73 Å². The molecule has 1 unspecified atom stereocenters. The lowest BCUT2D eigenvalue weighted by Gasteiger charge is -2.27. The highest BCUT2D eigenvalue weighted by Gasteiger charge is 2.25. The molecule has 0 bridgehead atoms. The smallest absolute Gasteiger partial charge is 0.191 e. The van der Waals surface area contributed by atoms with Crippen molar-refractivity contribution in [2.75, 3.05) is 0 Å². The molecule has 12 heavy (non-hydrogen) atoms. The van der Waals surface area contributed by atoms with E-state index in [1.54, 1.807) is 0 Å². The molecule has 0 aromatic rings. The largest absolute Gasteiger partial charge is 0.456 e. The Kier molecular flexibility index (Phi) is 5.32. The van der Waals surface area contributed by atoms with Gasteiger partial charge in [0, 0.05) is 6.04 Å². The van der Waals surface area contributed by atoms with Crippen LogP contribution in [-0.2, 0) is 4.12 Å². The van der Waals surface area contributed by atoms with Gasteiger partial charge in [0.1, 0.15) is 0 Å². The van der Waals surface area contributed by atoms with E-state index in [0.717, 1.165) is 12.5 Å². The van der Waals surface area contributed by atoms with Gasteiger partial charge in [0.05, 0.1) is 0 Å². The minimum atomic E-state index is -1.43. The Morgan fingerprint density at radius 1 is 1.42 bits per heavy atom. The number of hydrogen-bond donors (Lipinski definition) is 1. The fourth-order valence-electron chi connectivity index (χ4n) is 1.37. The maximum absolute atomic E-state index is 5.97. The third kappa shape index (κ3) is 5.94. The Morgan fingerprint density at radius 2 is 1.92 bits per heavy atom. The van der Waals surface area contributed by atoms with Gasteiger partial charge in [0.2, 0.25) is 0 Å². The molecule has 4 heteroatoms. The molecule has 0 fully saturated rings. The summed E-state index contributed by atoms with van der Waals surface area (Å²) in [7, 11) is -1.97. The average Bonchev–Trinajstić information content (AvgIpc) is 1.83. The van der Waals surface area contributed by atoms with Crippen LogP contribution in [0.5, 0.6) is 0 Å². The van der Waals surface area contributed by atoms with Crippen LogP contribution in [0.2, 0.25) is 32.2 Å². The van der Waals surface area contributed by atoms with Gasteiger partial charge in [-0.15, -0.1) is 0 Å². The van der Waals surface area contributed by atoms with E-state index in [1.807, 2.05) is 0 Å². The SMILES string of the molecule is CCC(N)C[Si](C)(C)O[Si](C)C. The van der Waals surface area contributed by atoms with Crippen molar-refractivity contribution < 1.29 is 4.12 Å². The third-order valence-corrected chi connectivity index (χ3v) is 7.11. The van der Waals surface area contributed by atoms with Crippen molar-refractivity contribution in [1.29, 1.82) is 0 Å². The van der Waals surface area contributed by atoms with Gasteiger partial charge < -0.3 is 9.85 Å². The predicted octanol–water partition coefficient (Wildman–Crippen LogP) is 2.20. The molecule has 1 radical (unpaired) electrons. The van der Waals surface area contributed by atoms with E-state index in [2.05, 4.69) is 33.1 Å². The normalized spacial score (nSPS) is 15.2. The lowest BCUT2D eigenvalue weighted by Crippen LogP contribution is -2.40. The lowest BCUT2D eigenvalue weighted by molar-refractivity contribution is 0.550. The van der Waals surface area contributed by atoms with Crippen LogP contribution in [-0.4, -0.2) is 23.4 Å². The molecule has 0 aliphatic heterocycles. The summed E-state index contributed by atoms with van der Waals surface area (Å²) < 4.78 is 5.97. The molecule has 0 aromatic heterocycles. The van der Waals surface area contributed by atoms with Gasteiger partial charge in [-0.05, 0) is 38.7 Å². The second-order valence-electron chi connectivity index (χ2n) is 4.14. The van der Waals surface area contributed by atoms with Crippen molar-refractivity contribution in [2.45, 2.75) is 51.6 Å². The summed E-state index contributed by atoms with van der Waals surface area (Å²) in [5.74, 6) is 0. The minimum Gasteiger partial charge on any atom is -0.456 e. The van der Waals surface area contributed by atoms with Crippen molar-refractivity contribution in [3.8, 4) is 0 Å². The molecule has 0 aliphatic carbocycles. The molecule has 0 saturated heterocycles. The predicted molar refractivity (Wildman–Crippen MR) is 59.1 cm³/mol. The second kappa shape index (κ2) is 5.16. The van der Waals surface area contributed by atoms with Gasteiger partial charge in [-0.3, -0.25) is 0 Å². The summed E-state index contributed by atoms with van der Waals surface area (Å²) in [6.07, 6.45) is 1.06. The molecular weight excluding hydrogens is 182 g/mol. The van der Waals surface area contributed by atoms with E-state index in [1.165, 1.54) is 0 Å². The Morgan fingerprint density at radius 3 is 2.25 bits per heavy atom. The maximum atomic E-state index is 5.97. The van der Waals surface area contributed by atoms with Gasteiger partial charge in [0.15, 0.2) is 17.4 Å². The van der Waals surface area contributed by atoms with E-state index in [4.69, 9.17) is 9.85 Å². The first kappa shape index (κ1) is 12.4. The fraction of sp³-hybridized carbons (Fsp3) is 1.00.